The van der Waals surface area contributed by atoms with Crippen molar-refractivity contribution in [2.75, 3.05) is 19.0 Å². The summed E-state index contributed by atoms with van der Waals surface area (Å²) in [5.41, 5.74) is 9.34. The Bertz CT molecular complexity index is 559. The highest BCUT2D eigenvalue weighted by molar-refractivity contribution is 5.67. The van der Waals surface area contributed by atoms with Crippen molar-refractivity contribution in [3.05, 3.63) is 53.8 Å². The number of anilines is 1. The molecule has 0 aliphatic heterocycles. The zero-order valence-corrected chi connectivity index (χ0v) is 11.5. The molecule has 0 saturated heterocycles. The molecule has 19 heavy (non-hydrogen) atoms. The van der Waals surface area contributed by atoms with E-state index in [2.05, 4.69) is 0 Å². The summed E-state index contributed by atoms with van der Waals surface area (Å²) in [5, 5.41) is 0. The maximum absolute atomic E-state index is 13.9. The molecular weight excluding hydrogens is 239 g/mol. The molecule has 0 spiro atoms. The van der Waals surface area contributed by atoms with E-state index < -0.39 is 0 Å². The molecule has 1 atom stereocenters. The van der Waals surface area contributed by atoms with E-state index in [0.717, 1.165) is 16.8 Å². The van der Waals surface area contributed by atoms with Gasteiger partial charge in [0, 0.05) is 31.4 Å². The molecule has 2 aromatic carbocycles. The van der Waals surface area contributed by atoms with Gasteiger partial charge in [-0.25, -0.2) is 4.39 Å². The van der Waals surface area contributed by atoms with E-state index in [9.17, 15) is 4.39 Å². The molecule has 0 heterocycles. The summed E-state index contributed by atoms with van der Waals surface area (Å²) in [6, 6.07) is 12.8. The van der Waals surface area contributed by atoms with Crippen LogP contribution in [0.1, 0.15) is 18.5 Å². The number of hydrogen-bond donors (Lipinski definition) is 1. The molecule has 0 aliphatic rings. The molecule has 100 valence electrons. The van der Waals surface area contributed by atoms with Crippen LogP contribution in [-0.2, 0) is 0 Å². The third kappa shape index (κ3) is 2.93. The first-order chi connectivity index (χ1) is 8.99. The van der Waals surface area contributed by atoms with Crippen LogP contribution in [0, 0.1) is 5.82 Å². The molecule has 2 rings (SSSR count). The smallest absolute Gasteiger partial charge is 0.131 e. The Morgan fingerprint density at radius 2 is 1.68 bits per heavy atom. The molecule has 0 aromatic heterocycles. The van der Waals surface area contributed by atoms with E-state index in [1.807, 2.05) is 56.3 Å². The van der Waals surface area contributed by atoms with Gasteiger partial charge in [0.1, 0.15) is 5.82 Å². The molecule has 0 bridgehead atoms. The predicted octanol–water partition coefficient (Wildman–Crippen LogP) is 3.58. The van der Waals surface area contributed by atoms with Crippen LogP contribution in [0.2, 0.25) is 0 Å². The third-order valence-corrected chi connectivity index (χ3v) is 3.21. The molecule has 1 unspecified atom stereocenters. The van der Waals surface area contributed by atoms with Crippen LogP contribution in [-0.4, -0.2) is 14.1 Å². The monoisotopic (exact) mass is 258 g/mol. The quantitative estimate of drug-likeness (QED) is 0.911. The third-order valence-electron chi connectivity index (χ3n) is 3.21. The van der Waals surface area contributed by atoms with Gasteiger partial charge in [-0.2, -0.15) is 0 Å². The Balaban J connectivity index is 2.43. The van der Waals surface area contributed by atoms with Crippen molar-refractivity contribution in [1.82, 2.24) is 0 Å². The summed E-state index contributed by atoms with van der Waals surface area (Å²) < 4.78 is 13.9. The highest BCUT2D eigenvalue weighted by Gasteiger charge is 2.08. The van der Waals surface area contributed by atoms with Crippen molar-refractivity contribution in [3.63, 3.8) is 0 Å². The lowest BCUT2D eigenvalue weighted by Crippen LogP contribution is -2.08. The van der Waals surface area contributed by atoms with E-state index in [1.54, 1.807) is 6.07 Å². The number of hydrogen-bond acceptors (Lipinski definition) is 2. The first kappa shape index (κ1) is 13.6. The number of nitrogens with two attached hydrogens (primary N) is 1. The van der Waals surface area contributed by atoms with Crippen molar-refractivity contribution < 1.29 is 4.39 Å². The Hall–Kier alpha value is -1.87. The van der Waals surface area contributed by atoms with Crippen LogP contribution in [0.25, 0.3) is 11.1 Å². The maximum atomic E-state index is 13.9. The van der Waals surface area contributed by atoms with Crippen LogP contribution in [0.5, 0.6) is 0 Å². The van der Waals surface area contributed by atoms with Gasteiger partial charge in [0.2, 0.25) is 0 Å². The standard InChI is InChI=1S/C16H19FN2/c1-11(18)13-6-9-16(17)15(10-13)12-4-7-14(8-5-12)19(2)3/h4-11H,18H2,1-3H3. The molecule has 0 amide bonds. The topological polar surface area (TPSA) is 29.3 Å². The van der Waals surface area contributed by atoms with Crippen molar-refractivity contribution in [2.24, 2.45) is 5.73 Å². The molecule has 2 aromatic rings. The Morgan fingerprint density at radius 3 is 2.21 bits per heavy atom. The van der Waals surface area contributed by atoms with E-state index in [1.165, 1.54) is 6.07 Å². The Labute approximate surface area is 113 Å². The predicted molar refractivity (Wildman–Crippen MR) is 78.8 cm³/mol. The SMILES string of the molecule is CC(N)c1ccc(F)c(-c2ccc(N(C)C)cc2)c1. The molecule has 0 radical (unpaired) electrons. The zero-order valence-electron chi connectivity index (χ0n) is 11.5. The highest BCUT2D eigenvalue weighted by Crippen LogP contribution is 2.27. The molecular formula is C16H19FN2. The minimum atomic E-state index is -0.220. The van der Waals surface area contributed by atoms with Gasteiger partial charge in [-0.05, 0) is 42.3 Å². The Morgan fingerprint density at radius 1 is 1.05 bits per heavy atom. The second-order valence-corrected chi connectivity index (χ2v) is 4.97. The first-order valence-corrected chi connectivity index (χ1v) is 6.32. The Kier molecular flexibility index (Phi) is 3.86. The lowest BCUT2D eigenvalue weighted by Gasteiger charge is -2.14. The molecule has 0 aliphatic carbocycles. The number of nitrogens with zero attached hydrogens (tertiary/aromatic N) is 1. The average Bonchev–Trinajstić information content (AvgIpc) is 2.39. The van der Waals surface area contributed by atoms with Crippen molar-refractivity contribution in [3.8, 4) is 11.1 Å². The lowest BCUT2D eigenvalue weighted by molar-refractivity contribution is 0.629. The summed E-state index contributed by atoms with van der Waals surface area (Å²) in [6.45, 7) is 1.89. The fourth-order valence-corrected chi connectivity index (χ4v) is 1.99. The molecule has 0 fully saturated rings. The van der Waals surface area contributed by atoms with Gasteiger partial charge in [-0.15, -0.1) is 0 Å². The van der Waals surface area contributed by atoms with Gasteiger partial charge in [0.15, 0.2) is 0 Å². The van der Waals surface area contributed by atoms with E-state index in [0.29, 0.717) is 5.56 Å². The summed E-state index contributed by atoms with van der Waals surface area (Å²) in [6.07, 6.45) is 0. The zero-order chi connectivity index (χ0) is 14.0. The summed E-state index contributed by atoms with van der Waals surface area (Å²) >= 11 is 0. The van der Waals surface area contributed by atoms with Gasteiger partial charge in [-0.1, -0.05) is 18.2 Å². The number of rotatable bonds is 3. The van der Waals surface area contributed by atoms with E-state index in [4.69, 9.17) is 5.73 Å². The minimum absolute atomic E-state index is 0.0969. The van der Waals surface area contributed by atoms with Gasteiger partial charge < -0.3 is 10.6 Å². The van der Waals surface area contributed by atoms with Gasteiger partial charge in [0.25, 0.3) is 0 Å². The summed E-state index contributed by atoms with van der Waals surface area (Å²) in [7, 11) is 3.96. The van der Waals surface area contributed by atoms with Crippen LogP contribution in [0.4, 0.5) is 10.1 Å². The summed E-state index contributed by atoms with van der Waals surface area (Å²) in [5.74, 6) is -0.220. The van der Waals surface area contributed by atoms with Crippen molar-refractivity contribution in [2.45, 2.75) is 13.0 Å². The molecule has 2 nitrogen and oxygen atoms in total. The average molecular weight is 258 g/mol. The highest BCUT2D eigenvalue weighted by atomic mass is 19.1. The molecule has 3 heteroatoms. The fraction of sp³-hybridized carbons (Fsp3) is 0.250. The maximum Gasteiger partial charge on any atom is 0.131 e. The van der Waals surface area contributed by atoms with Crippen molar-refractivity contribution in [1.29, 1.82) is 0 Å². The number of halogens is 1. The van der Waals surface area contributed by atoms with Gasteiger partial charge in [0.05, 0.1) is 0 Å². The second kappa shape index (κ2) is 5.41. The van der Waals surface area contributed by atoms with Crippen LogP contribution in [0.3, 0.4) is 0 Å². The summed E-state index contributed by atoms with van der Waals surface area (Å²) in [4.78, 5) is 2.01. The van der Waals surface area contributed by atoms with Crippen LogP contribution >= 0.6 is 0 Å². The fourth-order valence-electron chi connectivity index (χ4n) is 1.99. The van der Waals surface area contributed by atoms with Crippen LogP contribution in [0.15, 0.2) is 42.5 Å². The minimum Gasteiger partial charge on any atom is -0.378 e. The normalized spacial score (nSPS) is 12.3. The van der Waals surface area contributed by atoms with Crippen molar-refractivity contribution >= 4 is 5.69 Å². The van der Waals surface area contributed by atoms with E-state index >= 15 is 0 Å². The lowest BCUT2D eigenvalue weighted by atomic mass is 9.99. The second-order valence-electron chi connectivity index (χ2n) is 4.97. The first-order valence-electron chi connectivity index (χ1n) is 6.32. The van der Waals surface area contributed by atoms with E-state index in [-0.39, 0.29) is 11.9 Å². The number of benzene rings is 2. The molecule has 0 saturated carbocycles. The van der Waals surface area contributed by atoms with Gasteiger partial charge >= 0.3 is 0 Å². The van der Waals surface area contributed by atoms with Crippen LogP contribution < -0.4 is 10.6 Å². The van der Waals surface area contributed by atoms with Gasteiger partial charge in [-0.3, -0.25) is 0 Å². The molecule has 2 N–H and O–H groups in total. The largest absolute Gasteiger partial charge is 0.378 e.